The predicted octanol–water partition coefficient (Wildman–Crippen LogP) is 4.02. The molecule has 4 atom stereocenters. The number of ether oxygens (including phenoxy) is 2. The Bertz CT molecular complexity index is 641. The third kappa shape index (κ3) is 3.07. The largest absolute Gasteiger partial charge is 0.462 e. The van der Waals surface area contributed by atoms with Crippen molar-refractivity contribution in [3.63, 3.8) is 0 Å². The van der Waals surface area contributed by atoms with E-state index in [2.05, 4.69) is 0 Å². The van der Waals surface area contributed by atoms with Gasteiger partial charge in [0.2, 0.25) is 0 Å². The molecule has 0 bridgehead atoms. The molecule has 1 heterocycles. The first kappa shape index (κ1) is 16.6. The minimum atomic E-state index is -0.665. The monoisotopic (exact) mass is 342 g/mol. The third-order valence-electron chi connectivity index (χ3n) is 6.42. The average Bonchev–Trinajstić information content (AvgIpc) is 2.84. The van der Waals surface area contributed by atoms with E-state index in [1.807, 2.05) is 30.3 Å². The lowest BCUT2D eigenvalue weighted by Gasteiger charge is -2.50. The Kier molecular flexibility index (Phi) is 4.53. The van der Waals surface area contributed by atoms with Crippen molar-refractivity contribution in [3.8, 4) is 0 Å². The summed E-state index contributed by atoms with van der Waals surface area (Å²) in [6.45, 7) is 0.276. The van der Waals surface area contributed by atoms with Crippen LogP contribution >= 0.6 is 0 Å². The number of benzene rings is 1. The maximum absolute atomic E-state index is 13.2. The highest BCUT2D eigenvalue weighted by atomic mass is 16.6. The minimum absolute atomic E-state index is 0.0988. The molecule has 1 aromatic carbocycles. The molecule has 4 heteroatoms. The van der Waals surface area contributed by atoms with E-state index < -0.39 is 5.41 Å². The van der Waals surface area contributed by atoms with Gasteiger partial charge in [-0.05, 0) is 37.2 Å². The van der Waals surface area contributed by atoms with Crippen LogP contribution in [0.4, 0.5) is 0 Å². The molecule has 0 aromatic heterocycles. The van der Waals surface area contributed by atoms with Crippen molar-refractivity contribution in [1.82, 2.24) is 0 Å². The Morgan fingerprint density at radius 3 is 2.72 bits per heavy atom. The molecule has 0 N–H and O–H groups in total. The summed E-state index contributed by atoms with van der Waals surface area (Å²) in [5, 5.41) is 0. The molecule has 1 aromatic rings. The van der Waals surface area contributed by atoms with Gasteiger partial charge in [0.1, 0.15) is 12.7 Å². The smallest absolute Gasteiger partial charge is 0.313 e. The summed E-state index contributed by atoms with van der Waals surface area (Å²) in [7, 11) is 0. The van der Waals surface area contributed by atoms with Gasteiger partial charge in [-0.1, -0.05) is 49.6 Å². The summed E-state index contributed by atoms with van der Waals surface area (Å²) in [6, 6.07) is 9.74. The van der Waals surface area contributed by atoms with E-state index in [0.717, 1.165) is 44.1 Å². The summed E-state index contributed by atoms with van der Waals surface area (Å²) in [6.07, 6.45) is 7.29. The van der Waals surface area contributed by atoms with Crippen LogP contribution in [0.3, 0.4) is 0 Å². The standard InChI is InChI=1S/C21H26O4/c22-18-13-21(20(23)24-14-15-7-2-1-3-8-15)12-6-10-16-9-4-5-11-17(25-18)19(16)21/h1-3,7-8,16-17,19H,4-6,9-14H2/t16?,17-,19?,21?/m0/s1. The fourth-order valence-electron chi connectivity index (χ4n) is 5.38. The number of rotatable bonds is 3. The summed E-state index contributed by atoms with van der Waals surface area (Å²) in [5.74, 6) is 0.221. The molecule has 4 rings (SSSR count). The van der Waals surface area contributed by atoms with Crippen LogP contribution in [0.5, 0.6) is 0 Å². The van der Waals surface area contributed by atoms with Crippen LogP contribution in [0.2, 0.25) is 0 Å². The molecule has 134 valence electrons. The average molecular weight is 342 g/mol. The van der Waals surface area contributed by atoms with E-state index >= 15 is 0 Å². The zero-order valence-corrected chi connectivity index (χ0v) is 14.6. The fourth-order valence-corrected chi connectivity index (χ4v) is 5.38. The van der Waals surface area contributed by atoms with Crippen molar-refractivity contribution in [2.75, 3.05) is 0 Å². The van der Waals surface area contributed by atoms with Crippen molar-refractivity contribution >= 4 is 11.9 Å². The summed E-state index contributed by atoms with van der Waals surface area (Å²) in [5.41, 5.74) is 0.317. The van der Waals surface area contributed by atoms with Gasteiger partial charge in [0.25, 0.3) is 0 Å². The molecule has 1 saturated heterocycles. The summed E-state index contributed by atoms with van der Waals surface area (Å²) < 4.78 is 11.4. The van der Waals surface area contributed by atoms with Gasteiger partial charge in [-0.25, -0.2) is 0 Å². The fraction of sp³-hybridized carbons (Fsp3) is 0.619. The molecule has 4 nitrogen and oxygen atoms in total. The maximum Gasteiger partial charge on any atom is 0.313 e. The van der Waals surface area contributed by atoms with Gasteiger partial charge in [0, 0.05) is 5.92 Å². The van der Waals surface area contributed by atoms with Gasteiger partial charge < -0.3 is 9.47 Å². The number of hydrogen-bond acceptors (Lipinski definition) is 4. The first-order valence-corrected chi connectivity index (χ1v) is 9.60. The topological polar surface area (TPSA) is 52.6 Å². The van der Waals surface area contributed by atoms with E-state index in [4.69, 9.17) is 9.47 Å². The molecule has 3 aliphatic rings. The first-order chi connectivity index (χ1) is 12.2. The van der Waals surface area contributed by atoms with Crippen LogP contribution in [0.15, 0.2) is 30.3 Å². The maximum atomic E-state index is 13.2. The van der Waals surface area contributed by atoms with Gasteiger partial charge in [-0.3, -0.25) is 9.59 Å². The Morgan fingerprint density at radius 2 is 1.88 bits per heavy atom. The van der Waals surface area contributed by atoms with Crippen LogP contribution in [-0.2, 0) is 25.7 Å². The Labute approximate surface area is 148 Å². The van der Waals surface area contributed by atoms with Gasteiger partial charge in [0.05, 0.1) is 11.8 Å². The molecule has 0 amide bonds. The van der Waals surface area contributed by atoms with Gasteiger partial charge in [0.15, 0.2) is 0 Å². The van der Waals surface area contributed by atoms with E-state index in [0.29, 0.717) is 5.92 Å². The van der Waals surface area contributed by atoms with Crippen molar-refractivity contribution in [2.45, 2.75) is 64.1 Å². The lowest BCUT2D eigenvalue weighted by molar-refractivity contribution is -0.198. The molecule has 25 heavy (non-hydrogen) atoms. The summed E-state index contributed by atoms with van der Waals surface area (Å²) in [4.78, 5) is 25.5. The molecule has 1 aliphatic heterocycles. The van der Waals surface area contributed by atoms with Crippen molar-refractivity contribution in [1.29, 1.82) is 0 Å². The van der Waals surface area contributed by atoms with E-state index in [9.17, 15) is 9.59 Å². The number of esters is 2. The quantitative estimate of drug-likeness (QED) is 0.779. The highest BCUT2D eigenvalue weighted by Crippen LogP contribution is 2.55. The summed E-state index contributed by atoms with van der Waals surface area (Å²) >= 11 is 0. The molecule has 2 saturated carbocycles. The van der Waals surface area contributed by atoms with Gasteiger partial charge in [-0.15, -0.1) is 0 Å². The second-order valence-corrected chi connectivity index (χ2v) is 7.89. The van der Waals surface area contributed by atoms with Crippen LogP contribution in [0.25, 0.3) is 0 Å². The number of hydrogen-bond donors (Lipinski definition) is 0. The second-order valence-electron chi connectivity index (χ2n) is 7.89. The van der Waals surface area contributed by atoms with E-state index in [1.54, 1.807) is 0 Å². The Hall–Kier alpha value is -1.84. The molecule has 2 aliphatic carbocycles. The molecular formula is C21H26O4. The van der Waals surface area contributed by atoms with Crippen molar-refractivity contribution < 1.29 is 19.1 Å². The highest BCUT2D eigenvalue weighted by Gasteiger charge is 2.59. The van der Waals surface area contributed by atoms with Crippen molar-refractivity contribution in [3.05, 3.63) is 35.9 Å². The first-order valence-electron chi connectivity index (χ1n) is 9.60. The van der Waals surface area contributed by atoms with Crippen LogP contribution in [-0.4, -0.2) is 18.0 Å². The lowest BCUT2D eigenvalue weighted by Crippen LogP contribution is -2.56. The molecular weight excluding hydrogens is 316 g/mol. The van der Waals surface area contributed by atoms with Crippen molar-refractivity contribution in [2.24, 2.45) is 17.3 Å². The second kappa shape index (κ2) is 6.81. The molecule has 0 spiro atoms. The van der Waals surface area contributed by atoms with Crippen LogP contribution in [0, 0.1) is 17.3 Å². The zero-order valence-electron chi connectivity index (χ0n) is 14.6. The SMILES string of the molecule is O=C1CC2(C(=O)OCc3ccccc3)CCCC3CCCC[C@H](O1)C32. The van der Waals surface area contributed by atoms with E-state index in [1.165, 1.54) is 6.42 Å². The molecule has 3 fully saturated rings. The highest BCUT2D eigenvalue weighted by molar-refractivity contribution is 5.85. The van der Waals surface area contributed by atoms with Gasteiger partial charge >= 0.3 is 11.9 Å². The number of carbonyl (C=O) groups is 2. The Morgan fingerprint density at radius 1 is 1.12 bits per heavy atom. The Balaban J connectivity index is 1.59. The minimum Gasteiger partial charge on any atom is -0.462 e. The molecule has 3 unspecified atom stereocenters. The normalized spacial score (nSPS) is 34.4. The predicted molar refractivity (Wildman–Crippen MR) is 92.5 cm³/mol. The molecule has 0 radical (unpaired) electrons. The third-order valence-corrected chi connectivity index (χ3v) is 6.42. The lowest BCUT2D eigenvalue weighted by atomic mass is 9.56. The van der Waals surface area contributed by atoms with Gasteiger partial charge in [-0.2, -0.15) is 0 Å². The van der Waals surface area contributed by atoms with Crippen LogP contribution in [0.1, 0.15) is 56.9 Å². The number of carbonyl (C=O) groups excluding carboxylic acids is 2. The zero-order chi connectivity index (χ0) is 17.3. The van der Waals surface area contributed by atoms with E-state index in [-0.39, 0.29) is 37.0 Å². The van der Waals surface area contributed by atoms with Crippen LogP contribution < -0.4 is 0 Å².